The van der Waals surface area contributed by atoms with Gasteiger partial charge in [-0.05, 0) is 12.8 Å². The first-order valence-electron chi connectivity index (χ1n) is 6.16. The molecule has 1 atom stereocenters. The van der Waals surface area contributed by atoms with Crippen LogP contribution in [0.3, 0.4) is 0 Å². The maximum Gasteiger partial charge on any atom is 0.318 e. The Kier molecular flexibility index (Phi) is 3.12. The van der Waals surface area contributed by atoms with Crippen LogP contribution in [0, 0.1) is 0 Å². The molecule has 1 aliphatic heterocycles. The van der Waals surface area contributed by atoms with Gasteiger partial charge in [-0.25, -0.2) is 9.97 Å². The quantitative estimate of drug-likeness (QED) is 0.795. The van der Waals surface area contributed by atoms with Crippen molar-refractivity contribution in [3.63, 3.8) is 0 Å². The molecule has 19 heavy (non-hydrogen) atoms. The maximum absolute atomic E-state index is 12.0. The summed E-state index contributed by atoms with van der Waals surface area (Å²) in [6, 6.07) is 0.223. The lowest BCUT2D eigenvalue weighted by atomic mass is 10.2. The molecular formula is C12H14N4O3. The Bertz CT molecular complexity index is 649. The van der Waals surface area contributed by atoms with Crippen molar-refractivity contribution in [1.82, 2.24) is 19.5 Å². The third kappa shape index (κ3) is 2.28. The summed E-state index contributed by atoms with van der Waals surface area (Å²) in [7, 11) is 1.49. The van der Waals surface area contributed by atoms with Crippen LogP contribution < -0.4 is 10.3 Å². The summed E-state index contributed by atoms with van der Waals surface area (Å²) in [5, 5.41) is 0. The lowest BCUT2D eigenvalue weighted by Crippen LogP contribution is -2.27. The van der Waals surface area contributed by atoms with E-state index in [1.807, 2.05) is 0 Å². The number of nitrogens with zero attached hydrogens (tertiary/aromatic N) is 4. The summed E-state index contributed by atoms with van der Waals surface area (Å²) < 4.78 is 12.1. The molecule has 7 heteroatoms. The number of rotatable bonds is 3. The summed E-state index contributed by atoms with van der Waals surface area (Å²) in [6.45, 7) is 1.23. The van der Waals surface area contributed by atoms with Gasteiger partial charge in [0.15, 0.2) is 5.65 Å². The highest BCUT2D eigenvalue weighted by Gasteiger charge is 2.18. The number of hydrogen-bond donors (Lipinski definition) is 0. The predicted octanol–water partition coefficient (Wildman–Crippen LogP) is 0.374. The zero-order chi connectivity index (χ0) is 13.2. The molecular weight excluding hydrogens is 248 g/mol. The van der Waals surface area contributed by atoms with E-state index >= 15 is 0 Å². The molecule has 1 aliphatic rings. The summed E-state index contributed by atoms with van der Waals surface area (Å²) in [4.78, 5) is 24.2. The van der Waals surface area contributed by atoms with Gasteiger partial charge < -0.3 is 9.47 Å². The summed E-state index contributed by atoms with van der Waals surface area (Å²) in [6.07, 6.45) is 4.88. The lowest BCUT2D eigenvalue weighted by molar-refractivity contribution is 0.0970. The molecule has 0 radical (unpaired) electrons. The van der Waals surface area contributed by atoms with Crippen LogP contribution in [-0.4, -0.2) is 39.3 Å². The highest BCUT2D eigenvalue weighted by Crippen LogP contribution is 2.16. The van der Waals surface area contributed by atoms with Crippen LogP contribution in [0.1, 0.15) is 12.8 Å². The van der Waals surface area contributed by atoms with Gasteiger partial charge >= 0.3 is 6.01 Å². The lowest BCUT2D eigenvalue weighted by Gasteiger charge is -2.13. The molecule has 3 heterocycles. The van der Waals surface area contributed by atoms with E-state index in [0.717, 1.165) is 19.4 Å². The second kappa shape index (κ2) is 4.93. The van der Waals surface area contributed by atoms with E-state index in [1.165, 1.54) is 13.3 Å². The van der Waals surface area contributed by atoms with Crippen LogP contribution >= 0.6 is 0 Å². The SMILES string of the molecule is COc1ncc2ncc(=O)n(C[C@H]3CCCO3)c2n1. The van der Waals surface area contributed by atoms with Crippen molar-refractivity contribution in [2.75, 3.05) is 13.7 Å². The van der Waals surface area contributed by atoms with Crippen molar-refractivity contribution >= 4 is 11.2 Å². The smallest absolute Gasteiger partial charge is 0.318 e. The Hall–Kier alpha value is -2.02. The van der Waals surface area contributed by atoms with Crippen molar-refractivity contribution in [3.05, 3.63) is 22.7 Å². The van der Waals surface area contributed by atoms with Crippen LogP contribution in [0.5, 0.6) is 6.01 Å². The third-order valence-corrected chi connectivity index (χ3v) is 3.16. The molecule has 0 unspecified atom stereocenters. The van der Waals surface area contributed by atoms with Gasteiger partial charge in [0, 0.05) is 6.61 Å². The Labute approximate surface area is 109 Å². The Morgan fingerprint density at radius 1 is 1.47 bits per heavy atom. The first-order valence-corrected chi connectivity index (χ1v) is 6.16. The molecule has 2 aromatic rings. The van der Waals surface area contributed by atoms with Crippen LogP contribution in [0.25, 0.3) is 11.2 Å². The summed E-state index contributed by atoms with van der Waals surface area (Å²) in [5.41, 5.74) is 0.858. The van der Waals surface area contributed by atoms with Gasteiger partial charge in [-0.1, -0.05) is 0 Å². The zero-order valence-electron chi connectivity index (χ0n) is 10.6. The Balaban J connectivity index is 2.08. The maximum atomic E-state index is 12.0. The van der Waals surface area contributed by atoms with Gasteiger partial charge in [0.2, 0.25) is 0 Å². The Morgan fingerprint density at radius 3 is 3.11 bits per heavy atom. The highest BCUT2D eigenvalue weighted by atomic mass is 16.5. The molecule has 0 saturated carbocycles. The second-order valence-electron chi connectivity index (χ2n) is 4.41. The average molecular weight is 262 g/mol. The molecule has 1 saturated heterocycles. The Morgan fingerprint density at radius 2 is 2.37 bits per heavy atom. The molecule has 1 fully saturated rings. The van der Waals surface area contributed by atoms with Gasteiger partial charge in [-0.2, -0.15) is 4.98 Å². The van der Waals surface area contributed by atoms with Gasteiger partial charge in [0.1, 0.15) is 5.52 Å². The average Bonchev–Trinajstić information content (AvgIpc) is 2.94. The summed E-state index contributed by atoms with van der Waals surface area (Å²) >= 11 is 0. The van der Waals surface area contributed by atoms with Crippen molar-refractivity contribution in [2.45, 2.75) is 25.5 Å². The zero-order valence-corrected chi connectivity index (χ0v) is 10.6. The topological polar surface area (TPSA) is 79.1 Å². The normalized spacial score (nSPS) is 18.9. The molecule has 0 aromatic carbocycles. The fourth-order valence-corrected chi connectivity index (χ4v) is 2.21. The van der Waals surface area contributed by atoms with Crippen LogP contribution in [0.2, 0.25) is 0 Å². The number of ether oxygens (including phenoxy) is 2. The molecule has 0 spiro atoms. The molecule has 0 N–H and O–H groups in total. The van der Waals surface area contributed by atoms with Gasteiger partial charge in [-0.15, -0.1) is 0 Å². The van der Waals surface area contributed by atoms with Crippen molar-refractivity contribution in [2.24, 2.45) is 0 Å². The third-order valence-electron chi connectivity index (χ3n) is 3.16. The first-order chi connectivity index (χ1) is 9.28. The summed E-state index contributed by atoms with van der Waals surface area (Å²) in [5.74, 6) is 0. The molecule has 3 rings (SSSR count). The highest BCUT2D eigenvalue weighted by molar-refractivity contribution is 5.68. The minimum atomic E-state index is -0.191. The van der Waals surface area contributed by atoms with Crippen molar-refractivity contribution < 1.29 is 9.47 Å². The molecule has 100 valence electrons. The number of fused-ring (bicyclic) bond motifs is 1. The van der Waals surface area contributed by atoms with Crippen LogP contribution in [0.4, 0.5) is 0 Å². The minimum absolute atomic E-state index is 0.0595. The van der Waals surface area contributed by atoms with Gasteiger partial charge in [-0.3, -0.25) is 9.36 Å². The first kappa shape index (κ1) is 12.0. The molecule has 7 nitrogen and oxygen atoms in total. The predicted molar refractivity (Wildman–Crippen MR) is 67.1 cm³/mol. The minimum Gasteiger partial charge on any atom is -0.467 e. The van der Waals surface area contributed by atoms with E-state index in [4.69, 9.17) is 9.47 Å². The second-order valence-corrected chi connectivity index (χ2v) is 4.41. The van der Waals surface area contributed by atoms with Gasteiger partial charge in [0.25, 0.3) is 5.56 Å². The molecule has 0 amide bonds. The van der Waals surface area contributed by atoms with E-state index in [0.29, 0.717) is 17.7 Å². The molecule has 2 aromatic heterocycles. The monoisotopic (exact) mass is 262 g/mol. The standard InChI is InChI=1S/C12H14N4O3/c1-18-12-14-5-9-11(15-12)16(10(17)6-13-9)7-8-3-2-4-19-8/h5-6,8H,2-4,7H2,1H3/t8-/m1/s1. The van der Waals surface area contributed by atoms with E-state index in [-0.39, 0.29) is 17.7 Å². The number of aromatic nitrogens is 4. The fourth-order valence-electron chi connectivity index (χ4n) is 2.21. The van der Waals surface area contributed by atoms with Gasteiger partial charge in [0.05, 0.1) is 32.2 Å². The number of methoxy groups -OCH3 is 1. The van der Waals surface area contributed by atoms with Crippen molar-refractivity contribution in [1.29, 1.82) is 0 Å². The molecule has 0 bridgehead atoms. The van der Waals surface area contributed by atoms with E-state index in [1.54, 1.807) is 10.8 Å². The van der Waals surface area contributed by atoms with E-state index < -0.39 is 0 Å². The fraction of sp³-hybridized carbons (Fsp3) is 0.500. The van der Waals surface area contributed by atoms with Crippen LogP contribution in [-0.2, 0) is 11.3 Å². The molecule has 0 aliphatic carbocycles. The largest absolute Gasteiger partial charge is 0.467 e. The van der Waals surface area contributed by atoms with E-state index in [9.17, 15) is 4.79 Å². The van der Waals surface area contributed by atoms with Crippen molar-refractivity contribution in [3.8, 4) is 6.01 Å². The van der Waals surface area contributed by atoms with E-state index in [2.05, 4.69) is 15.0 Å². The van der Waals surface area contributed by atoms with Crippen LogP contribution in [0.15, 0.2) is 17.2 Å². The number of hydrogen-bond acceptors (Lipinski definition) is 6.